The molecule has 3 rings (SSSR count). The average Bonchev–Trinajstić information content (AvgIpc) is 3.27. The maximum Gasteiger partial charge on any atom is 0.408 e. The predicted octanol–water partition coefficient (Wildman–Crippen LogP) is 3.72. The van der Waals surface area contributed by atoms with E-state index in [4.69, 9.17) is 4.74 Å². The first-order valence-corrected chi connectivity index (χ1v) is 11.4. The van der Waals surface area contributed by atoms with E-state index in [2.05, 4.69) is 15.6 Å². The quantitative estimate of drug-likeness (QED) is 0.646. The summed E-state index contributed by atoms with van der Waals surface area (Å²) in [6, 6.07) is 5.60. The van der Waals surface area contributed by atoms with E-state index in [-0.39, 0.29) is 29.5 Å². The molecule has 2 aromatic rings. The average molecular weight is 489 g/mol. The molecular weight excluding hydrogens is 458 g/mol. The zero-order valence-electron chi connectivity index (χ0n) is 20.2. The van der Waals surface area contributed by atoms with Crippen molar-refractivity contribution in [1.29, 1.82) is 0 Å². The number of hydrogen-bond donors (Lipinski definition) is 2. The number of nitrogens with one attached hydrogen (secondary N) is 2. The predicted molar refractivity (Wildman–Crippen MR) is 125 cm³/mol. The number of alkyl carbamates (subject to hydrolysis) is 1. The van der Waals surface area contributed by atoms with E-state index in [9.17, 15) is 23.2 Å². The minimum absolute atomic E-state index is 0.164. The molecule has 8 nitrogen and oxygen atoms in total. The van der Waals surface area contributed by atoms with Crippen LogP contribution in [0.4, 0.5) is 13.6 Å². The van der Waals surface area contributed by atoms with E-state index in [1.165, 1.54) is 29.3 Å². The van der Waals surface area contributed by atoms with Gasteiger partial charge in [-0.15, -0.1) is 0 Å². The van der Waals surface area contributed by atoms with Gasteiger partial charge in [0.25, 0.3) is 0 Å². The van der Waals surface area contributed by atoms with Gasteiger partial charge >= 0.3 is 6.09 Å². The Balaban J connectivity index is 1.59. The van der Waals surface area contributed by atoms with Gasteiger partial charge in [0.15, 0.2) is 0 Å². The van der Waals surface area contributed by atoms with Crippen molar-refractivity contribution in [3.05, 3.63) is 53.9 Å². The van der Waals surface area contributed by atoms with E-state index in [1.807, 2.05) is 0 Å². The highest BCUT2D eigenvalue weighted by Gasteiger charge is 2.34. The second-order valence-corrected chi connectivity index (χ2v) is 9.40. The van der Waals surface area contributed by atoms with E-state index in [0.717, 1.165) is 0 Å². The number of halogens is 2. The van der Waals surface area contributed by atoms with Crippen molar-refractivity contribution in [2.45, 2.75) is 58.2 Å². The van der Waals surface area contributed by atoms with Gasteiger partial charge in [-0.3, -0.25) is 14.6 Å². The standard InChI is InChI=1S/C25H30F2N4O4/c1-15(19-11-10-16(13-28-19)22-17(26)7-5-8-18(22)27)30-23(33)20-9-6-12-31(20)21(32)14-29-24(34)35-25(2,3)4/h5,7-8,10-11,13,15,20H,6,9,12,14H2,1-4H3,(H,29,34)(H,30,33)/t15-,20-/m0/s1. The number of rotatable bonds is 6. The summed E-state index contributed by atoms with van der Waals surface area (Å²) in [5.41, 5.74) is -0.0628. The second-order valence-electron chi connectivity index (χ2n) is 9.40. The number of carbonyl (C=O) groups excluding carboxylic acids is 3. The van der Waals surface area contributed by atoms with Gasteiger partial charge < -0.3 is 20.3 Å². The van der Waals surface area contributed by atoms with Crippen LogP contribution >= 0.6 is 0 Å². The molecule has 0 unspecified atom stereocenters. The van der Waals surface area contributed by atoms with E-state index in [1.54, 1.807) is 39.8 Å². The number of nitrogens with zero attached hydrogens (tertiary/aromatic N) is 2. The number of pyridine rings is 1. The maximum absolute atomic E-state index is 14.0. The van der Waals surface area contributed by atoms with Crippen LogP contribution in [-0.2, 0) is 14.3 Å². The Labute approximate surface area is 203 Å². The first-order chi connectivity index (χ1) is 16.5. The van der Waals surface area contributed by atoms with Crippen LogP contribution in [0.2, 0.25) is 0 Å². The van der Waals surface area contributed by atoms with Crippen molar-refractivity contribution in [1.82, 2.24) is 20.5 Å². The van der Waals surface area contributed by atoms with Crippen molar-refractivity contribution < 1.29 is 27.9 Å². The molecule has 2 heterocycles. The summed E-state index contributed by atoms with van der Waals surface area (Å²) in [4.78, 5) is 43.0. The maximum atomic E-state index is 14.0. The minimum atomic E-state index is -0.704. The number of carbonyl (C=O) groups is 3. The lowest BCUT2D eigenvalue weighted by atomic mass is 10.1. The van der Waals surface area contributed by atoms with Crippen molar-refractivity contribution in [2.75, 3.05) is 13.1 Å². The molecule has 0 radical (unpaired) electrons. The highest BCUT2D eigenvalue weighted by atomic mass is 19.1. The lowest BCUT2D eigenvalue weighted by molar-refractivity contribution is -0.138. The van der Waals surface area contributed by atoms with Gasteiger partial charge in [0.2, 0.25) is 11.8 Å². The molecule has 188 valence electrons. The Morgan fingerprint density at radius 3 is 2.46 bits per heavy atom. The molecule has 0 saturated carbocycles. The van der Waals surface area contributed by atoms with Crippen LogP contribution in [-0.4, -0.2) is 52.5 Å². The molecule has 35 heavy (non-hydrogen) atoms. The fraction of sp³-hybridized carbons (Fsp3) is 0.440. The van der Waals surface area contributed by atoms with Crippen molar-refractivity contribution >= 4 is 17.9 Å². The molecule has 0 spiro atoms. The molecular formula is C25H30F2N4O4. The molecule has 1 aromatic heterocycles. The normalized spacial score (nSPS) is 16.5. The summed E-state index contributed by atoms with van der Waals surface area (Å²) in [6.45, 7) is 7.02. The molecule has 0 aliphatic carbocycles. The molecule has 1 fully saturated rings. The molecule has 0 bridgehead atoms. The Bertz CT molecular complexity index is 1070. The smallest absolute Gasteiger partial charge is 0.408 e. The summed E-state index contributed by atoms with van der Waals surface area (Å²) in [7, 11) is 0. The van der Waals surface area contributed by atoms with Crippen LogP contribution in [0.5, 0.6) is 0 Å². The van der Waals surface area contributed by atoms with E-state index >= 15 is 0 Å². The number of benzene rings is 1. The zero-order chi connectivity index (χ0) is 25.8. The van der Waals surface area contributed by atoms with Gasteiger partial charge in [0, 0.05) is 18.3 Å². The molecule has 1 aromatic carbocycles. The largest absolute Gasteiger partial charge is 0.444 e. The van der Waals surface area contributed by atoms with Gasteiger partial charge in [-0.2, -0.15) is 0 Å². The highest BCUT2D eigenvalue weighted by Crippen LogP contribution is 2.26. The van der Waals surface area contributed by atoms with Crippen molar-refractivity contribution in [2.24, 2.45) is 0 Å². The number of hydrogen-bond acceptors (Lipinski definition) is 5. The number of likely N-dealkylation sites (tertiary alicyclic amines) is 1. The minimum Gasteiger partial charge on any atom is -0.444 e. The lowest BCUT2D eigenvalue weighted by Gasteiger charge is -2.26. The Morgan fingerprint density at radius 1 is 1.17 bits per heavy atom. The molecule has 3 amide bonds. The van der Waals surface area contributed by atoms with Gasteiger partial charge in [-0.25, -0.2) is 13.6 Å². The van der Waals surface area contributed by atoms with Crippen LogP contribution in [0.15, 0.2) is 36.5 Å². The zero-order valence-corrected chi connectivity index (χ0v) is 20.2. The fourth-order valence-corrected chi connectivity index (χ4v) is 3.87. The third-order valence-corrected chi connectivity index (χ3v) is 5.50. The summed E-state index contributed by atoms with van der Waals surface area (Å²) in [6.07, 6.45) is 1.80. The third-order valence-electron chi connectivity index (χ3n) is 5.50. The van der Waals surface area contributed by atoms with Crippen LogP contribution in [0, 0.1) is 11.6 Å². The molecule has 1 aliphatic heterocycles. The first-order valence-electron chi connectivity index (χ1n) is 11.4. The van der Waals surface area contributed by atoms with Crippen molar-refractivity contribution in [3.63, 3.8) is 0 Å². The van der Waals surface area contributed by atoms with Crippen molar-refractivity contribution in [3.8, 4) is 11.1 Å². The molecule has 1 saturated heterocycles. The third kappa shape index (κ3) is 6.74. The van der Waals surface area contributed by atoms with Crippen LogP contribution in [0.25, 0.3) is 11.1 Å². The molecule has 10 heteroatoms. The summed E-state index contributed by atoms with van der Waals surface area (Å²) < 4.78 is 33.2. The van der Waals surface area contributed by atoms with Crippen LogP contribution in [0.1, 0.15) is 52.3 Å². The summed E-state index contributed by atoms with van der Waals surface area (Å²) in [5, 5.41) is 5.27. The molecule has 1 aliphatic rings. The number of amides is 3. The molecule has 2 atom stereocenters. The Morgan fingerprint density at radius 2 is 1.86 bits per heavy atom. The Kier molecular flexibility index (Phi) is 8.03. The van der Waals surface area contributed by atoms with Crippen LogP contribution in [0.3, 0.4) is 0 Å². The Hall–Kier alpha value is -3.56. The van der Waals surface area contributed by atoms with E-state index < -0.39 is 35.4 Å². The molecule has 2 N–H and O–H groups in total. The SMILES string of the molecule is C[C@H](NC(=O)[C@@H]1CCCN1C(=O)CNC(=O)OC(C)(C)C)c1ccc(-c2c(F)cccc2F)cn1. The summed E-state index contributed by atoms with van der Waals surface area (Å²) >= 11 is 0. The summed E-state index contributed by atoms with van der Waals surface area (Å²) in [5.74, 6) is -2.09. The van der Waals surface area contributed by atoms with Gasteiger partial charge in [0.1, 0.15) is 29.8 Å². The number of aromatic nitrogens is 1. The van der Waals surface area contributed by atoms with Gasteiger partial charge in [-0.1, -0.05) is 12.1 Å². The van der Waals surface area contributed by atoms with E-state index in [0.29, 0.717) is 25.1 Å². The van der Waals surface area contributed by atoms with Crippen LogP contribution < -0.4 is 10.6 Å². The second kappa shape index (κ2) is 10.8. The van der Waals surface area contributed by atoms with Gasteiger partial charge in [-0.05, 0) is 58.7 Å². The monoisotopic (exact) mass is 488 g/mol. The first kappa shape index (κ1) is 26.1. The fourth-order valence-electron chi connectivity index (χ4n) is 3.87. The highest BCUT2D eigenvalue weighted by molar-refractivity contribution is 5.90. The number of ether oxygens (including phenoxy) is 1. The van der Waals surface area contributed by atoms with Gasteiger partial charge in [0.05, 0.1) is 17.3 Å². The topological polar surface area (TPSA) is 101 Å². The lowest BCUT2D eigenvalue weighted by Crippen LogP contribution is -2.49.